The number of carbonyl (C=O) groups is 2. The van der Waals surface area contributed by atoms with E-state index in [0.29, 0.717) is 38.5 Å². The highest BCUT2D eigenvalue weighted by molar-refractivity contribution is 7.13. The minimum Gasteiger partial charge on any atom is -0.339 e. The van der Waals surface area contributed by atoms with Crippen LogP contribution in [0.1, 0.15) is 39.5 Å². The number of amides is 2. The van der Waals surface area contributed by atoms with Crippen molar-refractivity contribution < 1.29 is 9.59 Å². The van der Waals surface area contributed by atoms with Gasteiger partial charge in [0.15, 0.2) is 0 Å². The van der Waals surface area contributed by atoms with E-state index in [1.54, 1.807) is 0 Å². The lowest BCUT2D eigenvalue weighted by Crippen LogP contribution is -2.50. The van der Waals surface area contributed by atoms with Crippen molar-refractivity contribution in [1.82, 2.24) is 9.80 Å². The zero-order valence-electron chi connectivity index (χ0n) is 16.4. The molecule has 0 unspecified atom stereocenters. The van der Waals surface area contributed by atoms with Gasteiger partial charge in [0.05, 0.1) is 11.3 Å². The second-order valence-corrected chi connectivity index (χ2v) is 8.96. The number of thiophene rings is 1. The molecule has 4 nitrogen and oxygen atoms in total. The number of rotatable bonds is 5. The summed E-state index contributed by atoms with van der Waals surface area (Å²) in [5, 5.41) is 0. The first kappa shape index (κ1) is 19.6. The Bertz CT molecular complexity index is 787. The normalized spacial score (nSPS) is 14.7. The Labute approximate surface area is 165 Å². The summed E-state index contributed by atoms with van der Waals surface area (Å²) in [5.74, 6) is 0.862. The van der Waals surface area contributed by atoms with Gasteiger partial charge >= 0.3 is 0 Å². The molecule has 2 heterocycles. The monoisotopic (exact) mass is 384 g/mol. The van der Waals surface area contributed by atoms with Crippen LogP contribution >= 0.6 is 11.3 Å². The molecular formula is C22H28N2O2S. The maximum Gasteiger partial charge on any atom is 0.264 e. The maximum absolute atomic E-state index is 12.6. The van der Waals surface area contributed by atoms with E-state index in [9.17, 15) is 9.59 Å². The Kier molecular flexibility index (Phi) is 6.32. The van der Waals surface area contributed by atoms with Gasteiger partial charge in [-0.25, -0.2) is 0 Å². The van der Waals surface area contributed by atoms with Crippen molar-refractivity contribution in [3.05, 3.63) is 57.3 Å². The molecule has 2 amide bonds. The average Bonchev–Trinajstić information content (AvgIpc) is 3.09. The van der Waals surface area contributed by atoms with Crippen LogP contribution < -0.4 is 0 Å². The highest BCUT2D eigenvalue weighted by atomic mass is 32.1. The molecule has 1 aromatic heterocycles. The van der Waals surface area contributed by atoms with Crippen LogP contribution in [0.3, 0.4) is 0 Å². The maximum atomic E-state index is 12.6. The number of hydrogen-bond acceptors (Lipinski definition) is 3. The topological polar surface area (TPSA) is 40.6 Å². The first-order chi connectivity index (χ1) is 12.9. The fourth-order valence-electron chi connectivity index (χ4n) is 3.42. The molecule has 0 atom stereocenters. The molecule has 144 valence electrons. The van der Waals surface area contributed by atoms with Crippen LogP contribution in [0.5, 0.6) is 0 Å². The predicted molar refractivity (Wildman–Crippen MR) is 110 cm³/mol. The number of aryl methyl sites for hydroxylation is 1. The molecule has 0 spiro atoms. The van der Waals surface area contributed by atoms with Crippen LogP contribution in [-0.4, -0.2) is 47.8 Å². The molecule has 2 aromatic rings. The Morgan fingerprint density at radius 2 is 1.52 bits per heavy atom. The van der Waals surface area contributed by atoms with Crippen molar-refractivity contribution >= 4 is 23.2 Å². The first-order valence-corrected chi connectivity index (χ1v) is 10.5. The molecule has 1 aliphatic rings. The summed E-state index contributed by atoms with van der Waals surface area (Å²) in [5.41, 5.74) is 2.37. The minimum atomic E-state index is 0.0842. The molecule has 1 saturated heterocycles. The molecule has 0 bridgehead atoms. The van der Waals surface area contributed by atoms with E-state index >= 15 is 0 Å². The van der Waals surface area contributed by atoms with Gasteiger partial charge in [-0.3, -0.25) is 9.59 Å². The van der Waals surface area contributed by atoms with Crippen molar-refractivity contribution in [3.8, 4) is 0 Å². The van der Waals surface area contributed by atoms with Crippen LogP contribution in [-0.2, 0) is 17.6 Å². The van der Waals surface area contributed by atoms with Crippen LogP contribution in [0.2, 0.25) is 0 Å². The van der Waals surface area contributed by atoms with Gasteiger partial charge in [0.1, 0.15) is 0 Å². The largest absolute Gasteiger partial charge is 0.339 e. The molecule has 1 aliphatic heterocycles. The molecule has 27 heavy (non-hydrogen) atoms. The second-order valence-electron chi connectivity index (χ2n) is 7.67. The number of nitrogens with zero attached hydrogens (tertiary/aromatic N) is 2. The van der Waals surface area contributed by atoms with Crippen molar-refractivity contribution in [2.45, 2.75) is 33.6 Å². The Morgan fingerprint density at radius 3 is 2.07 bits per heavy atom. The van der Waals surface area contributed by atoms with E-state index in [1.807, 2.05) is 28.9 Å². The van der Waals surface area contributed by atoms with Gasteiger partial charge < -0.3 is 9.80 Å². The quantitative estimate of drug-likeness (QED) is 0.787. The second kappa shape index (κ2) is 8.70. The van der Waals surface area contributed by atoms with Crippen molar-refractivity contribution in [2.24, 2.45) is 5.92 Å². The molecule has 0 radical (unpaired) electrons. The molecule has 0 aliphatic carbocycles. The number of hydrogen-bond donors (Lipinski definition) is 0. The molecular weight excluding hydrogens is 356 g/mol. The summed E-state index contributed by atoms with van der Waals surface area (Å²) in [6.07, 6.45) is 1.49. The zero-order chi connectivity index (χ0) is 19.4. The number of piperazine rings is 1. The third-order valence-electron chi connectivity index (χ3n) is 4.89. The van der Waals surface area contributed by atoms with E-state index in [1.165, 1.54) is 16.9 Å². The molecule has 1 aromatic carbocycles. The SMILES string of the molecule is Cc1ccc(C(=O)N2CCN(C(=O)Cc3ccc(CC(C)C)cc3)CC2)s1. The van der Waals surface area contributed by atoms with Crippen LogP contribution in [0.4, 0.5) is 0 Å². The van der Waals surface area contributed by atoms with Crippen molar-refractivity contribution in [3.63, 3.8) is 0 Å². The predicted octanol–water partition coefficient (Wildman–Crippen LogP) is 3.78. The molecule has 0 N–H and O–H groups in total. The van der Waals surface area contributed by atoms with Gasteiger partial charge in [-0.15, -0.1) is 11.3 Å². The summed E-state index contributed by atoms with van der Waals surface area (Å²) in [4.78, 5) is 30.8. The van der Waals surface area contributed by atoms with Crippen molar-refractivity contribution in [1.29, 1.82) is 0 Å². The van der Waals surface area contributed by atoms with E-state index in [4.69, 9.17) is 0 Å². The molecule has 1 fully saturated rings. The lowest BCUT2D eigenvalue weighted by molar-refractivity contribution is -0.131. The van der Waals surface area contributed by atoms with Crippen molar-refractivity contribution in [2.75, 3.05) is 26.2 Å². The summed E-state index contributed by atoms with van der Waals surface area (Å²) < 4.78 is 0. The highest BCUT2D eigenvalue weighted by Gasteiger charge is 2.25. The van der Waals surface area contributed by atoms with E-state index < -0.39 is 0 Å². The summed E-state index contributed by atoms with van der Waals surface area (Å²) in [6, 6.07) is 12.3. The minimum absolute atomic E-state index is 0.0842. The standard InChI is InChI=1S/C22H28N2O2S/c1-16(2)14-18-5-7-19(8-6-18)15-21(25)23-10-12-24(13-11-23)22(26)20-9-4-17(3)27-20/h4-9,16H,10-15H2,1-3H3. The van der Waals surface area contributed by atoms with Crippen LogP contribution in [0.15, 0.2) is 36.4 Å². The lowest BCUT2D eigenvalue weighted by Gasteiger charge is -2.34. The molecule has 3 rings (SSSR count). The first-order valence-electron chi connectivity index (χ1n) is 9.63. The molecule has 5 heteroatoms. The van der Waals surface area contributed by atoms with E-state index in [0.717, 1.165) is 21.7 Å². The van der Waals surface area contributed by atoms with Gasteiger partial charge in [0.25, 0.3) is 5.91 Å². The van der Waals surface area contributed by atoms with Gasteiger partial charge in [-0.05, 0) is 42.5 Å². The van der Waals surface area contributed by atoms with Gasteiger partial charge in [0, 0.05) is 31.1 Å². The van der Waals surface area contributed by atoms with Crippen LogP contribution in [0, 0.1) is 12.8 Å². The zero-order valence-corrected chi connectivity index (χ0v) is 17.2. The Morgan fingerprint density at radius 1 is 0.926 bits per heavy atom. The van der Waals surface area contributed by atoms with Gasteiger partial charge in [-0.2, -0.15) is 0 Å². The molecule has 0 saturated carbocycles. The Hall–Kier alpha value is -2.14. The summed E-state index contributed by atoms with van der Waals surface area (Å²) in [6.45, 7) is 8.86. The average molecular weight is 385 g/mol. The fourth-order valence-corrected chi connectivity index (χ4v) is 4.25. The lowest BCUT2D eigenvalue weighted by atomic mass is 10.0. The third kappa shape index (κ3) is 5.19. The number of benzene rings is 1. The summed E-state index contributed by atoms with van der Waals surface area (Å²) >= 11 is 1.53. The smallest absolute Gasteiger partial charge is 0.264 e. The van der Waals surface area contributed by atoms with E-state index in [-0.39, 0.29) is 11.8 Å². The van der Waals surface area contributed by atoms with E-state index in [2.05, 4.69) is 38.1 Å². The van der Waals surface area contributed by atoms with Gasteiger partial charge in [0.2, 0.25) is 5.91 Å². The summed E-state index contributed by atoms with van der Waals surface area (Å²) in [7, 11) is 0. The third-order valence-corrected chi connectivity index (χ3v) is 5.88. The Balaban J connectivity index is 1.50. The fraction of sp³-hybridized carbons (Fsp3) is 0.455. The van der Waals surface area contributed by atoms with Crippen LogP contribution in [0.25, 0.3) is 0 Å². The highest BCUT2D eigenvalue weighted by Crippen LogP contribution is 2.18. The van der Waals surface area contributed by atoms with Gasteiger partial charge in [-0.1, -0.05) is 38.1 Å². The number of carbonyl (C=O) groups excluding carboxylic acids is 2.